The van der Waals surface area contributed by atoms with Gasteiger partial charge < -0.3 is 10.2 Å². The SMILES string of the molecule is CSCc1ccc(C(=O)Nc2ccc(N3CCCC3)nc2C)cc1. The normalized spacial score (nSPS) is 14.0. The average Bonchev–Trinajstić information content (AvgIpc) is 3.12. The minimum absolute atomic E-state index is 0.0930. The number of nitrogens with zero attached hydrogens (tertiary/aromatic N) is 2. The van der Waals surface area contributed by atoms with E-state index >= 15 is 0 Å². The summed E-state index contributed by atoms with van der Waals surface area (Å²) in [6.45, 7) is 4.08. The minimum atomic E-state index is -0.0930. The number of aromatic nitrogens is 1. The van der Waals surface area contributed by atoms with E-state index in [1.165, 1.54) is 18.4 Å². The number of benzene rings is 1. The lowest BCUT2D eigenvalue weighted by atomic mass is 10.1. The monoisotopic (exact) mass is 341 g/mol. The summed E-state index contributed by atoms with van der Waals surface area (Å²) in [6.07, 6.45) is 4.53. The first-order valence-corrected chi connectivity index (χ1v) is 9.68. The van der Waals surface area contributed by atoms with Crippen molar-refractivity contribution in [2.45, 2.75) is 25.5 Å². The van der Waals surface area contributed by atoms with Crippen molar-refractivity contribution in [1.82, 2.24) is 4.98 Å². The van der Waals surface area contributed by atoms with Gasteiger partial charge >= 0.3 is 0 Å². The molecule has 126 valence electrons. The first-order chi connectivity index (χ1) is 11.7. The van der Waals surface area contributed by atoms with E-state index in [9.17, 15) is 4.79 Å². The van der Waals surface area contributed by atoms with Crippen LogP contribution in [0.5, 0.6) is 0 Å². The van der Waals surface area contributed by atoms with Crippen LogP contribution in [0, 0.1) is 6.92 Å². The number of aryl methyl sites for hydroxylation is 1. The predicted molar refractivity (Wildman–Crippen MR) is 102 cm³/mol. The Balaban J connectivity index is 1.69. The molecule has 5 heteroatoms. The largest absolute Gasteiger partial charge is 0.357 e. The van der Waals surface area contributed by atoms with Crippen molar-refractivity contribution < 1.29 is 4.79 Å². The summed E-state index contributed by atoms with van der Waals surface area (Å²) in [5, 5.41) is 2.97. The smallest absolute Gasteiger partial charge is 0.255 e. The summed E-state index contributed by atoms with van der Waals surface area (Å²) in [4.78, 5) is 19.4. The number of amides is 1. The van der Waals surface area contributed by atoms with Gasteiger partial charge in [0.15, 0.2) is 0 Å². The molecular formula is C19H23N3OS. The highest BCUT2D eigenvalue weighted by Gasteiger charge is 2.15. The lowest BCUT2D eigenvalue weighted by Gasteiger charge is -2.18. The van der Waals surface area contributed by atoms with Crippen LogP contribution in [0.2, 0.25) is 0 Å². The van der Waals surface area contributed by atoms with Crippen molar-refractivity contribution in [3.8, 4) is 0 Å². The van der Waals surface area contributed by atoms with Crippen LogP contribution in [0.4, 0.5) is 11.5 Å². The maximum absolute atomic E-state index is 12.4. The van der Waals surface area contributed by atoms with E-state index < -0.39 is 0 Å². The molecule has 24 heavy (non-hydrogen) atoms. The predicted octanol–water partition coefficient (Wildman–Crippen LogP) is 4.11. The molecule has 0 saturated carbocycles. The zero-order valence-corrected chi connectivity index (χ0v) is 15.0. The Kier molecular flexibility index (Phi) is 5.41. The molecule has 0 spiro atoms. The van der Waals surface area contributed by atoms with Gasteiger partial charge in [-0.3, -0.25) is 4.79 Å². The molecule has 1 fully saturated rings. The topological polar surface area (TPSA) is 45.2 Å². The molecule has 1 N–H and O–H groups in total. The van der Waals surface area contributed by atoms with Crippen molar-refractivity contribution in [1.29, 1.82) is 0 Å². The van der Waals surface area contributed by atoms with E-state index in [4.69, 9.17) is 0 Å². The van der Waals surface area contributed by atoms with E-state index in [0.717, 1.165) is 36.0 Å². The Bertz CT molecular complexity index is 709. The summed E-state index contributed by atoms with van der Waals surface area (Å²) in [6, 6.07) is 11.7. The van der Waals surface area contributed by atoms with Crippen LogP contribution in [-0.2, 0) is 5.75 Å². The second-order valence-electron chi connectivity index (χ2n) is 6.08. The molecule has 0 aliphatic carbocycles. The molecule has 1 aliphatic heterocycles. The van der Waals surface area contributed by atoms with Crippen LogP contribution < -0.4 is 10.2 Å². The Hall–Kier alpha value is -2.01. The third-order valence-corrected chi connectivity index (χ3v) is 4.90. The zero-order valence-electron chi connectivity index (χ0n) is 14.2. The van der Waals surface area contributed by atoms with Crippen molar-refractivity contribution >= 4 is 29.2 Å². The summed E-state index contributed by atoms with van der Waals surface area (Å²) >= 11 is 1.77. The third kappa shape index (κ3) is 3.90. The first-order valence-electron chi connectivity index (χ1n) is 8.29. The fourth-order valence-electron chi connectivity index (χ4n) is 2.92. The van der Waals surface area contributed by atoms with Crippen LogP contribution in [0.25, 0.3) is 0 Å². The van der Waals surface area contributed by atoms with E-state index in [2.05, 4.69) is 21.5 Å². The molecule has 1 aromatic carbocycles. The number of hydrogen-bond donors (Lipinski definition) is 1. The van der Waals surface area contributed by atoms with E-state index in [0.29, 0.717) is 5.56 Å². The second-order valence-corrected chi connectivity index (χ2v) is 6.95. The lowest BCUT2D eigenvalue weighted by Crippen LogP contribution is -2.20. The van der Waals surface area contributed by atoms with E-state index in [1.807, 2.05) is 43.3 Å². The van der Waals surface area contributed by atoms with Crippen molar-refractivity contribution in [3.63, 3.8) is 0 Å². The molecule has 2 aromatic rings. The van der Waals surface area contributed by atoms with Gasteiger partial charge in [0, 0.05) is 24.4 Å². The van der Waals surface area contributed by atoms with E-state index in [1.54, 1.807) is 11.8 Å². The maximum Gasteiger partial charge on any atom is 0.255 e. The lowest BCUT2D eigenvalue weighted by molar-refractivity contribution is 0.102. The molecule has 1 saturated heterocycles. The van der Waals surface area contributed by atoms with Crippen LogP contribution in [0.15, 0.2) is 36.4 Å². The van der Waals surface area contributed by atoms with E-state index in [-0.39, 0.29) is 5.91 Å². The summed E-state index contributed by atoms with van der Waals surface area (Å²) in [5.41, 5.74) is 3.53. The number of thioether (sulfide) groups is 1. The first kappa shape index (κ1) is 16.8. The number of carbonyl (C=O) groups excluding carboxylic acids is 1. The molecule has 1 aliphatic rings. The van der Waals surface area contributed by atoms with Gasteiger partial charge in [-0.2, -0.15) is 11.8 Å². The number of rotatable bonds is 5. The Morgan fingerprint density at radius 1 is 1.17 bits per heavy atom. The quantitative estimate of drug-likeness (QED) is 0.889. The minimum Gasteiger partial charge on any atom is -0.357 e. The van der Waals surface area contributed by atoms with Crippen LogP contribution in [-0.4, -0.2) is 30.2 Å². The van der Waals surface area contributed by atoms with Crippen molar-refractivity contribution in [2.24, 2.45) is 0 Å². The van der Waals surface area contributed by atoms with Gasteiger partial charge in [-0.25, -0.2) is 4.98 Å². The Labute approximate surface area is 147 Å². The highest BCUT2D eigenvalue weighted by Crippen LogP contribution is 2.22. The van der Waals surface area contributed by atoms with Gasteiger partial charge in [-0.05, 0) is 55.9 Å². The highest BCUT2D eigenvalue weighted by atomic mass is 32.2. The van der Waals surface area contributed by atoms with Gasteiger partial charge in [-0.1, -0.05) is 12.1 Å². The Morgan fingerprint density at radius 2 is 1.88 bits per heavy atom. The van der Waals surface area contributed by atoms with Crippen LogP contribution >= 0.6 is 11.8 Å². The Morgan fingerprint density at radius 3 is 2.50 bits per heavy atom. The number of hydrogen-bond acceptors (Lipinski definition) is 4. The second kappa shape index (κ2) is 7.71. The van der Waals surface area contributed by atoms with Crippen molar-refractivity contribution in [3.05, 3.63) is 53.2 Å². The average molecular weight is 341 g/mol. The van der Waals surface area contributed by atoms with Gasteiger partial charge in [-0.15, -0.1) is 0 Å². The summed E-state index contributed by atoms with van der Waals surface area (Å²) in [5.74, 6) is 1.87. The van der Waals surface area contributed by atoms with Crippen LogP contribution in [0.3, 0.4) is 0 Å². The van der Waals surface area contributed by atoms with Crippen LogP contribution in [0.1, 0.15) is 34.5 Å². The number of pyridine rings is 1. The van der Waals surface area contributed by atoms with Gasteiger partial charge in [0.1, 0.15) is 5.82 Å². The maximum atomic E-state index is 12.4. The molecule has 1 amide bonds. The molecule has 3 rings (SSSR count). The molecule has 1 aromatic heterocycles. The summed E-state index contributed by atoms with van der Waals surface area (Å²) in [7, 11) is 0. The molecular weight excluding hydrogens is 318 g/mol. The molecule has 0 unspecified atom stereocenters. The fourth-order valence-corrected chi connectivity index (χ4v) is 3.44. The molecule has 4 nitrogen and oxygen atoms in total. The van der Waals surface area contributed by atoms with Crippen molar-refractivity contribution in [2.75, 3.05) is 29.6 Å². The number of carbonyl (C=O) groups is 1. The summed E-state index contributed by atoms with van der Waals surface area (Å²) < 4.78 is 0. The third-order valence-electron chi connectivity index (χ3n) is 4.28. The fraction of sp³-hybridized carbons (Fsp3) is 0.368. The number of anilines is 2. The molecule has 2 heterocycles. The molecule has 0 atom stereocenters. The highest BCUT2D eigenvalue weighted by molar-refractivity contribution is 7.97. The molecule has 0 bridgehead atoms. The molecule has 0 radical (unpaired) electrons. The van der Waals surface area contributed by atoms with Gasteiger partial charge in [0.05, 0.1) is 11.4 Å². The van der Waals surface area contributed by atoms with Gasteiger partial charge in [0.25, 0.3) is 5.91 Å². The number of nitrogens with one attached hydrogen (secondary N) is 1. The zero-order chi connectivity index (χ0) is 16.9. The standard InChI is InChI=1S/C19H23N3OS/c1-14-17(9-10-18(20-14)22-11-3-4-12-22)21-19(23)16-7-5-15(6-8-16)13-24-2/h5-10H,3-4,11-13H2,1-2H3,(H,21,23). The van der Waals surface area contributed by atoms with Gasteiger partial charge in [0.2, 0.25) is 0 Å².